The summed E-state index contributed by atoms with van der Waals surface area (Å²) in [5, 5.41) is 8.77. The average molecular weight is 281 g/mol. The molecule has 0 atom stereocenters. The first-order chi connectivity index (χ1) is 10.1. The van der Waals surface area contributed by atoms with Crippen LogP contribution in [0.15, 0.2) is 36.8 Å². The number of nitrogens with one attached hydrogen (secondary N) is 1. The molecule has 3 rings (SSSR count). The third kappa shape index (κ3) is 2.72. The van der Waals surface area contributed by atoms with Gasteiger partial charge in [-0.1, -0.05) is 26.0 Å². The normalized spacial score (nSPS) is 11.2. The highest BCUT2D eigenvalue weighted by Crippen LogP contribution is 2.22. The second kappa shape index (κ2) is 5.52. The molecular formula is C16H19N5. The van der Waals surface area contributed by atoms with E-state index in [-0.39, 0.29) is 0 Å². The molecule has 0 aliphatic carbocycles. The van der Waals surface area contributed by atoms with Crippen LogP contribution in [0.4, 0.5) is 5.82 Å². The van der Waals surface area contributed by atoms with Crippen molar-refractivity contribution in [3.05, 3.63) is 42.4 Å². The molecule has 108 valence electrons. The van der Waals surface area contributed by atoms with Crippen molar-refractivity contribution in [3.8, 4) is 5.69 Å². The van der Waals surface area contributed by atoms with Crippen LogP contribution in [0.1, 0.15) is 19.4 Å². The van der Waals surface area contributed by atoms with Gasteiger partial charge >= 0.3 is 0 Å². The molecule has 2 heterocycles. The van der Waals surface area contributed by atoms with Crippen LogP contribution in [0.2, 0.25) is 0 Å². The molecule has 0 amide bonds. The molecule has 0 saturated carbocycles. The van der Waals surface area contributed by atoms with Gasteiger partial charge in [-0.3, -0.25) is 0 Å². The van der Waals surface area contributed by atoms with Crippen molar-refractivity contribution in [1.29, 1.82) is 0 Å². The van der Waals surface area contributed by atoms with E-state index in [1.807, 2.05) is 23.0 Å². The van der Waals surface area contributed by atoms with Gasteiger partial charge in [-0.15, -0.1) is 0 Å². The molecule has 0 aliphatic heterocycles. The van der Waals surface area contributed by atoms with Gasteiger partial charge in [-0.25, -0.2) is 14.6 Å². The number of hydrogen-bond acceptors (Lipinski definition) is 4. The Kier molecular flexibility index (Phi) is 3.56. The Bertz CT molecular complexity index is 760. The summed E-state index contributed by atoms with van der Waals surface area (Å²) in [6.45, 7) is 7.28. The first-order valence-corrected chi connectivity index (χ1v) is 7.15. The van der Waals surface area contributed by atoms with Gasteiger partial charge in [0.25, 0.3) is 0 Å². The Balaban J connectivity index is 2.05. The smallest absolute Gasteiger partial charge is 0.168 e. The molecule has 1 N–H and O–H groups in total. The second-order valence-corrected chi connectivity index (χ2v) is 5.63. The van der Waals surface area contributed by atoms with Crippen molar-refractivity contribution in [1.82, 2.24) is 19.7 Å². The van der Waals surface area contributed by atoms with Gasteiger partial charge in [-0.2, -0.15) is 5.10 Å². The molecule has 0 saturated heterocycles. The van der Waals surface area contributed by atoms with E-state index in [1.54, 1.807) is 6.33 Å². The summed E-state index contributed by atoms with van der Waals surface area (Å²) in [5.41, 5.74) is 3.03. The number of fused-ring (bicyclic) bond motifs is 1. The van der Waals surface area contributed by atoms with E-state index in [2.05, 4.69) is 53.3 Å². The van der Waals surface area contributed by atoms with Crippen LogP contribution in [0.3, 0.4) is 0 Å². The lowest BCUT2D eigenvalue weighted by Gasteiger charge is -2.09. The zero-order valence-electron chi connectivity index (χ0n) is 12.5. The monoisotopic (exact) mass is 281 g/mol. The maximum Gasteiger partial charge on any atom is 0.168 e. The lowest BCUT2D eigenvalue weighted by Crippen LogP contribution is -2.09. The fourth-order valence-corrected chi connectivity index (χ4v) is 2.23. The predicted octanol–water partition coefficient (Wildman–Crippen LogP) is 3.19. The van der Waals surface area contributed by atoms with Crippen LogP contribution in [0, 0.1) is 12.8 Å². The summed E-state index contributed by atoms with van der Waals surface area (Å²) in [4.78, 5) is 8.71. The van der Waals surface area contributed by atoms with Crippen molar-refractivity contribution in [3.63, 3.8) is 0 Å². The van der Waals surface area contributed by atoms with E-state index in [4.69, 9.17) is 0 Å². The Morgan fingerprint density at radius 2 is 2.10 bits per heavy atom. The fraction of sp³-hybridized carbons (Fsp3) is 0.312. The molecule has 0 fully saturated rings. The minimum Gasteiger partial charge on any atom is -0.369 e. The molecule has 3 aromatic rings. The first kappa shape index (κ1) is 13.5. The average Bonchev–Trinajstić information content (AvgIpc) is 2.89. The zero-order chi connectivity index (χ0) is 14.8. The van der Waals surface area contributed by atoms with Gasteiger partial charge in [-0.05, 0) is 30.5 Å². The van der Waals surface area contributed by atoms with E-state index in [0.29, 0.717) is 5.92 Å². The van der Waals surface area contributed by atoms with Gasteiger partial charge in [0, 0.05) is 6.54 Å². The number of anilines is 1. The summed E-state index contributed by atoms with van der Waals surface area (Å²) in [7, 11) is 0. The molecule has 0 unspecified atom stereocenters. The minimum absolute atomic E-state index is 0.557. The first-order valence-electron chi connectivity index (χ1n) is 7.15. The molecule has 0 aliphatic rings. The number of hydrogen-bond donors (Lipinski definition) is 1. The van der Waals surface area contributed by atoms with Crippen molar-refractivity contribution in [2.75, 3.05) is 11.9 Å². The minimum atomic E-state index is 0.557. The Hall–Kier alpha value is -2.43. The molecular weight excluding hydrogens is 262 g/mol. The standard InChI is InChI=1S/C16H19N5/c1-11(2)8-17-15-14-9-20-21(16(14)19-10-18-15)13-6-4-5-12(3)7-13/h4-7,9-11H,8H2,1-3H3,(H,17,18,19). The second-order valence-electron chi connectivity index (χ2n) is 5.63. The summed E-state index contributed by atoms with van der Waals surface area (Å²) in [6.07, 6.45) is 3.40. The summed E-state index contributed by atoms with van der Waals surface area (Å²) < 4.78 is 1.85. The van der Waals surface area contributed by atoms with Crippen molar-refractivity contribution < 1.29 is 0 Å². The highest BCUT2D eigenvalue weighted by Gasteiger charge is 2.11. The SMILES string of the molecule is Cc1cccc(-n2ncc3c(NCC(C)C)ncnc32)c1. The van der Waals surface area contributed by atoms with Crippen LogP contribution in [-0.4, -0.2) is 26.3 Å². The van der Waals surface area contributed by atoms with Crippen LogP contribution in [0.5, 0.6) is 0 Å². The number of nitrogens with zero attached hydrogens (tertiary/aromatic N) is 4. The summed E-state index contributed by atoms with van der Waals surface area (Å²) in [5.74, 6) is 1.40. The van der Waals surface area contributed by atoms with Gasteiger partial charge in [0.05, 0.1) is 17.3 Å². The highest BCUT2D eigenvalue weighted by atomic mass is 15.3. The van der Waals surface area contributed by atoms with E-state index >= 15 is 0 Å². The van der Waals surface area contributed by atoms with E-state index in [0.717, 1.165) is 29.1 Å². The maximum atomic E-state index is 4.47. The summed E-state index contributed by atoms with van der Waals surface area (Å²) in [6, 6.07) is 8.22. The molecule has 0 spiro atoms. The van der Waals surface area contributed by atoms with E-state index < -0.39 is 0 Å². The Morgan fingerprint density at radius 1 is 1.24 bits per heavy atom. The van der Waals surface area contributed by atoms with Gasteiger partial charge in [0.15, 0.2) is 5.65 Å². The van der Waals surface area contributed by atoms with Gasteiger partial charge in [0.2, 0.25) is 0 Å². The van der Waals surface area contributed by atoms with Crippen molar-refractivity contribution in [2.24, 2.45) is 5.92 Å². The third-order valence-corrected chi connectivity index (χ3v) is 3.29. The predicted molar refractivity (Wildman–Crippen MR) is 84.7 cm³/mol. The van der Waals surface area contributed by atoms with Crippen molar-refractivity contribution in [2.45, 2.75) is 20.8 Å². The van der Waals surface area contributed by atoms with E-state index in [9.17, 15) is 0 Å². The molecule has 0 bridgehead atoms. The van der Waals surface area contributed by atoms with Crippen LogP contribution in [0.25, 0.3) is 16.7 Å². The number of aryl methyl sites for hydroxylation is 1. The van der Waals surface area contributed by atoms with Crippen LogP contribution < -0.4 is 5.32 Å². The summed E-state index contributed by atoms with van der Waals surface area (Å²) >= 11 is 0. The molecule has 21 heavy (non-hydrogen) atoms. The Labute approximate surface area is 124 Å². The van der Waals surface area contributed by atoms with Gasteiger partial charge in [0.1, 0.15) is 12.1 Å². The van der Waals surface area contributed by atoms with Crippen molar-refractivity contribution >= 4 is 16.9 Å². The zero-order valence-corrected chi connectivity index (χ0v) is 12.5. The lowest BCUT2D eigenvalue weighted by molar-refractivity contribution is 0.687. The van der Waals surface area contributed by atoms with Crippen LogP contribution in [-0.2, 0) is 0 Å². The number of aromatic nitrogens is 4. The molecule has 5 heteroatoms. The topological polar surface area (TPSA) is 55.6 Å². The lowest BCUT2D eigenvalue weighted by atomic mass is 10.2. The molecule has 1 aromatic carbocycles. The Morgan fingerprint density at radius 3 is 2.86 bits per heavy atom. The quantitative estimate of drug-likeness (QED) is 0.798. The molecule has 2 aromatic heterocycles. The fourth-order valence-electron chi connectivity index (χ4n) is 2.23. The molecule has 5 nitrogen and oxygen atoms in total. The maximum absolute atomic E-state index is 4.47. The molecule has 0 radical (unpaired) electrons. The van der Waals surface area contributed by atoms with Gasteiger partial charge < -0.3 is 5.32 Å². The van der Waals surface area contributed by atoms with E-state index in [1.165, 1.54) is 5.56 Å². The largest absolute Gasteiger partial charge is 0.369 e. The highest BCUT2D eigenvalue weighted by molar-refractivity contribution is 5.87. The number of benzene rings is 1. The van der Waals surface area contributed by atoms with Crippen LogP contribution >= 0.6 is 0 Å². The third-order valence-electron chi connectivity index (χ3n) is 3.29. The number of rotatable bonds is 4.